The van der Waals surface area contributed by atoms with Gasteiger partial charge in [0.15, 0.2) is 0 Å². The molecule has 1 aromatic heterocycles. The lowest BCUT2D eigenvalue weighted by Crippen LogP contribution is -2.36. The fourth-order valence-corrected chi connectivity index (χ4v) is 2.81. The van der Waals surface area contributed by atoms with Crippen LogP contribution in [0.2, 0.25) is 0 Å². The summed E-state index contributed by atoms with van der Waals surface area (Å²) in [4.78, 5) is 13.9. The van der Waals surface area contributed by atoms with Crippen LogP contribution in [0.1, 0.15) is 17.5 Å². The lowest BCUT2D eigenvalue weighted by molar-refractivity contribution is -0.132. The number of amides is 1. The second-order valence-corrected chi connectivity index (χ2v) is 5.42. The van der Waals surface area contributed by atoms with Gasteiger partial charge in [0.2, 0.25) is 5.91 Å². The van der Waals surface area contributed by atoms with Crippen LogP contribution >= 0.6 is 0 Å². The number of nitrogens with zero attached hydrogens (tertiary/aromatic N) is 5. The van der Waals surface area contributed by atoms with Gasteiger partial charge >= 0.3 is 0 Å². The number of aryl methyl sites for hydroxylation is 1. The van der Waals surface area contributed by atoms with Crippen molar-refractivity contribution in [3.63, 3.8) is 0 Å². The largest absolute Gasteiger partial charge is 0.383 e. The molecule has 0 bridgehead atoms. The number of aromatic nitrogens is 4. The fourth-order valence-electron chi connectivity index (χ4n) is 2.81. The van der Waals surface area contributed by atoms with Crippen molar-refractivity contribution in [1.29, 1.82) is 0 Å². The summed E-state index contributed by atoms with van der Waals surface area (Å²) in [6.45, 7) is 2.90. The zero-order valence-corrected chi connectivity index (χ0v) is 11.8. The predicted molar refractivity (Wildman–Crippen MR) is 74.1 cm³/mol. The van der Waals surface area contributed by atoms with Gasteiger partial charge in [-0.3, -0.25) is 4.79 Å². The van der Waals surface area contributed by atoms with Crippen molar-refractivity contribution in [2.45, 2.75) is 25.5 Å². The molecule has 1 saturated heterocycles. The second kappa shape index (κ2) is 5.25. The molecule has 0 radical (unpaired) electrons. The molecule has 2 aromatic rings. The van der Waals surface area contributed by atoms with Crippen molar-refractivity contribution >= 4 is 5.91 Å². The Kier molecular flexibility index (Phi) is 3.42. The molecule has 1 atom stereocenters. The SMILES string of the molecule is Cc1ccccc1C1(O)CCN(C(=O)Cn2cnnn2)C1. The topological polar surface area (TPSA) is 84.1 Å². The highest BCUT2D eigenvalue weighted by Crippen LogP contribution is 2.33. The number of tetrazole rings is 1. The predicted octanol–water partition coefficient (Wildman–Crippen LogP) is 0.102. The van der Waals surface area contributed by atoms with Gasteiger partial charge < -0.3 is 10.0 Å². The highest BCUT2D eigenvalue weighted by molar-refractivity contribution is 5.76. The molecule has 110 valence electrons. The minimum atomic E-state index is -0.971. The van der Waals surface area contributed by atoms with Crippen molar-refractivity contribution in [3.05, 3.63) is 41.7 Å². The van der Waals surface area contributed by atoms with Gasteiger partial charge in [-0.15, -0.1) is 5.10 Å². The van der Waals surface area contributed by atoms with E-state index >= 15 is 0 Å². The maximum Gasteiger partial charge on any atom is 0.244 e. The summed E-state index contributed by atoms with van der Waals surface area (Å²) < 4.78 is 1.38. The van der Waals surface area contributed by atoms with Crippen LogP contribution < -0.4 is 0 Å². The number of hydrogen-bond donors (Lipinski definition) is 1. The normalized spacial score (nSPS) is 21.7. The van der Waals surface area contributed by atoms with Crippen LogP contribution in [0.3, 0.4) is 0 Å². The summed E-state index contributed by atoms with van der Waals surface area (Å²) in [6.07, 6.45) is 1.95. The molecule has 0 spiro atoms. The number of β-amino-alcohol motifs (C(OH)–C–C–N with tert-alkyl or cyclic N) is 1. The molecule has 2 heterocycles. The van der Waals surface area contributed by atoms with Gasteiger partial charge in [0.25, 0.3) is 0 Å². The van der Waals surface area contributed by atoms with E-state index in [1.165, 1.54) is 11.0 Å². The average Bonchev–Trinajstić information content (AvgIpc) is 3.09. The van der Waals surface area contributed by atoms with E-state index in [0.717, 1.165) is 11.1 Å². The van der Waals surface area contributed by atoms with Gasteiger partial charge in [0.05, 0.1) is 6.54 Å². The number of benzene rings is 1. The Bertz CT molecular complexity index is 643. The summed E-state index contributed by atoms with van der Waals surface area (Å²) in [5, 5.41) is 21.5. The molecule has 1 aliphatic heterocycles. The van der Waals surface area contributed by atoms with E-state index < -0.39 is 5.60 Å². The third-order valence-corrected chi connectivity index (χ3v) is 3.94. The first-order valence-corrected chi connectivity index (χ1v) is 6.85. The van der Waals surface area contributed by atoms with Crippen LogP contribution in [0.5, 0.6) is 0 Å². The summed E-state index contributed by atoms with van der Waals surface area (Å²) in [5.41, 5.74) is 0.958. The highest BCUT2D eigenvalue weighted by atomic mass is 16.3. The third kappa shape index (κ3) is 2.64. The van der Waals surface area contributed by atoms with E-state index in [1.54, 1.807) is 4.90 Å². The first kappa shape index (κ1) is 13.7. The molecular weight excluding hydrogens is 270 g/mol. The van der Waals surface area contributed by atoms with Gasteiger partial charge in [-0.25, -0.2) is 4.68 Å². The minimum Gasteiger partial charge on any atom is -0.383 e. The van der Waals surface area contributed by atoms with E-state index in [2.05, 4.69) is 15.5 Å². The molecule has 1 aromatic carbocycles. The third-order valence-electron chi connectivity index (χ3n) is 3.94. The number of carbonyl (C=O) groups excluding carboxylic acids is 1. The Morgan fingerprint density at radius 1 is 1.43 bits per heavy atom. The van der Waals surface area contributed by atoms with Crippen LogP contribution in [0, 0.1) is 6.92 Å². The highest BCUT2D eigenvalue weighted by Gasteiger charge is 2.40. The van der Waals surface area contributed by atoms with Crippen molar-refractivity contribution in [2.75, 3.05) is 13.1 Å². The van der Waals surface area contributed by atoms with Gasteiger partial charge in [-0.05, 0) is 34.9 Å². The molecule has 1 unspecified atom stereocenters. The van der Waals surface area contributed by atoms with Gasteiger partial charge in [-0.2, -0.15) is 0 Å². The number of hydrogen-bond acceptors (Lipinski definition) is 5. The van der Waals surface area contributed by atoms with Gasteiger partial charge in [0, 0.05) is 6.54 Å². The number of aliphatic hydroxyl groups is 1. The maximum atomic E-state index is 12.2. The maximum absolute atomic E-state index is 12.2. The summed E-state index contributed by atoms with van der Waals surface area (Å²) in [5.74, 6) is -0.0909. The number of carbonyl (C=O) groups is 1. The second-order valence-electron chi connectivity index (χ2n) is 5.42. The van der Waals surface area contributed by atoms with E-state index in [4.69, 9.17) is 0 Å². The summed E-state index contributed by atoms with van der Waals surface area (Å²) in [6, 6.07) is 7.74. The van der Waals surface area contributed by atoms with Crippen LogP contribution in [0.15, 0.2) is 30.6 Å². The Hall–Kier alpha value is -2.28. The van der Waals surface area contributed by atoms with Crippen LogP contribution in [0.25, 0.3) is 0 Å². The first-order chi connectivity index (χ1) is 10.1. The van der Waals surface area contributed by atoms with Crippen LogP contribution in [0.4, 0.5) is 0 Å². The Morgan fingerprint density at radius 2 is 2.24 bits per heavy atom. The molecule has 1 fully saturated rings. The average molecular weight is 287 g/mol. The van der Waals surface area contributed by atoms with E-state index in [9.17, 15) is 9.90 Å². The van der Waals surface area contributed by atoms with Crippen molar-refractivity contribution in [2.24, 2.45) is 0 Å². The quantitative estimate of drug-likeness (QED) is 0.865. The summed E-state index contributed by atoms with van der Waals surface area (Å²) in [7, 11) is 0. The zero-order valence-electron chi connectivity index (χ0n) is 11.8. The molecule has 0 aliphatic carbocycles. The van der Waals surface area contributed by atoms with Crippen molar-refractivity contribution in [3.8, 4) is 0 Å². The van der Waals surface area contributed by atoms with E-state index in [-0.39, 0.29) is 12.5 Å². The van der Waals surface area contributed by atoms with E-state index in [1.807, 2.05) is 31.2 Å². The summed E-state index contributed by atoms with van der Waals surface area (Å²) >= 11 is 0. The fraction of sp³-hybridized carbons (Fsp3) is 0.429. The molecule has 1 amide bonds. The van der Waals surface area contributed by atoms with Crippen molar-refractivity contribution in [1.82, 2.24) is 25.1 Å². The molecule has 1 aliphatic rings. The first-order valence-electron chi connectivity index (χ1n) is 6.85. The van der Waals surface area contributed by atoms with Crippen LogP contribution in [-0.2, 0) is 16.9 Å². The van der Waals surface area contributed by atoms with E-state index in [0.29, 0.717) is 19.5 Å². The number of rotatable bonds is 3. The Morgan fingerprint density at radius 3 is 2.95 bits per heavy atom. The Balaban J connectivity index is 1.73. The van der Waals surface area contributed by atoms with Crippen molar-refractivity contribution < 1.29 is 9.90 Å². The zero-order chi connectivity index (χ0) is 14.9. The number of likely N-dealkylation sites (tertiary alicyclic amines) is 1. The molecule has 7 heteroatoms. The standard InChI is InChI=1S/C14H17N5O2/c1-11-4-2-3-5-12(11)14(21)6-7-18(9-14)13(20)8-19-10-15-16-17-19/h2-5,10,21H,6-9H2,1H3. The minimum absolute atomic E-state index is 0.0909. The lowest BCUT2D eigenvalue weighted by Gasteiger charge is -2.25. The lowest BCUT2D eigenvalue weighted by atomic mass is 9.89. The van der Waals surface area contributed by atoms with Crippen LogP contribution in [-0.4, -0.2) is 49.2 Å². The molecule has 1 N–H and O–H groups in total. The molecular formula is C14H17N5O2. The molecule has 21 heavy (non-hydrogen) atoms. The van der Waals surface area contributed by atoms with Gasteiger partial charge in [0.1, 0.15) is 18.5 Å². The molecule has 7 nitrogen and oxygen atoms in total. The molecule has 0 saturated carbocycles. The van der Waals surface area contributed by atoms with Gasteiger partial charge in [-0.1, -0.05) is 24.3 Å². The monoisotopic (exact) mass is 287 g/mol. The Labute approximate surface area is 122 Å². The molecule has 3 rings (SSSR count). The smallest absolute Gasteiger partial charge is 0.244 e.